The molecule has 5 nitrogen and oxygen atoms in total. The minimum atomic E-state index is -2.96. The van der Waals surface area contributed by atoms with Crippen LogP contribution in [0.2, 0.25) is 5.02 Å². The van der Waals surface area contributed by atoms with Crippen LogP contribution in [0.25, 0.3) is 0 Å². The highest BCUT2D eigenvalue weighted by Crippen LogP contribution is 2.20. The highest BCUT2D eigenvalue weighted by molar-refractivity contribution is 7.91. The van der Waals surface area contributed by atoms with Gasteiger partial charge >= 0.3 is 6.03 Å². The zero-order chi connectivity index (χ0) is 16.3. The van der Waals surface area contributed by atoms with E-state index in [4.69, 9.17) is 11.6 Å². The van der Waals surface area contributed by atoms with Crippen LogP contribution in [0.15, 0.2) is 18.2 Å². The van der Waals surface area contributed by atoms with E-state index in [1.54, 1.807) is 6.07 Å². The van der Waals surface area contributed by atoms with Gasteiger partial charge in [-0.05, 0) is 24.5 Å². The Kier molecular flexibility index (Phi) is 5.28. The lowest BCUT2D eigenvalue weighted by Gasteiger charge is -2.20. The van der Waals surface area contributed by atoms with Crippen molar-refractivity contribution < 1.29 is 17.6 Å². The Morgan fingerprint density at radius 1 is 1.50 bits per heavy atom. The van der Waals surface area contributed by atoms with Crippen LogP contribution in [0.1, 0.15) is 12.0 Å². The third kappa shape index (κ3) is 4.33. The summed E-state index contributed by atoms with van der Waals surface area (Å²) in [5, 5.41) is 2.94. The number of benzene rings is 1. The van der Waals surface area contributed by atoms with E-state index in [2.05, 4.69) is 5.32 Å². The summed E-state index contributed by atoms with van der Waals surface area (Å²) in [5.41, 5.74) is 0.255. The van der Waals surface area contributed by atoms with Crippen molar-refractivity contribution in [2.24, 2.45) is 5.92 Å². The predicted octanol–water partition coefficient (Wildman–Crippen LogP) is 2.06. The Labute approximate surface area is 134 Å². The van der Waals surface area contributed by atoms with Crippen molar-refractivity contribution >= 4 is 27.5 Å². The Morgan fingerprint density at radius 3 is 2.82 bits per heavy atom. The molecule has 2 amide bonds. The Hall–Kier alpha value is -1.34. The third-order valence-corrected chi connectivity index (χ3v) is 5.86. The molecule has 1 aliphatic rings. The first-order chi connectivity index (χ1) is 10.3. The SMILES string of the molecule is CN(Cc1c(F)cccc1Cl)C(=O)NC[C@H]1CCS(=O)(=O)C1. The van der Waals surface area contributed by atoms with E-state index in [9.17, 15) is 17.6 Å². The van der Waals surface area contributed by atoms with Gasteiger partial charge in [0.2, 0.25) is 0 Å². The van der Waals surface area contributed by atoms with Crippen molar-refractivity contribution in [2.75, 3.05) is 25.1 Å². The number of carbonyl (C=O) groups is 1. The molecule has 0 aliphatic carbocycles. The molecular weight excluding hydrogens is 331 g/mol. The molecule has 1 heterocycles. The fourth-order valence-corrected chi connectivity index (χ4v) is 4.48. The van der Waals surface area contributed by atoms with Crippen molar-refractivity contribution in [1.29, 1.82) is 0 Å². The molecule has 1 saturated heterocycles. The second-order valence-corrected chi connectivity index (χ2v) is 8.15. The molecule has 122 valence electrons. The summed E-state index contributed by atoms with van der Waals surface area (Å²) < 4.78 is 36.4. The maximum atomic E-state index is 13.7. The van der Waals surface area contributed by atoms with Crippen LogP contribution >= 0.6 is 11.6 Å². The van der Waals surface area contributed by atoms with Gasteiger partial charge in [0.15, 0.2) is 9.84 Å². The van der Waals surface area contributed by atoms with Crippen molar-refractivity contribution in [2.45, 2.75) is 13.0 Å². The second-order valence-electron chi connectivity index (χ2n) is 5.51. The first-order valence-corrected chi connectivity index (χ1v) is 9.11. The number of rotatable bonds is 4. The van der Waals surface area contributed by atoms with Crippen LogP contribution in [0.4, 0.5) is 9.18 Å². The highest BCUT2D eigenvalue weighted by atomic mass is 35.5. The van der Waals surface area contributed by atoms with Gasteiger partial charge in [0, 0.05) is 24.2 Å². The van der Waals surface area contributed by atoms with Gasteiger partial charge in [0.1, 0.15) is 5.82 Å². The van der Waals surface area contributed by atoms with Crippen LogP contribution < -0.4 is 5.32 Å². The topological polar surface area (TPSA) is 66.5 Å². The molecule has 1 atom stereocenters. The number of halogens is 2. The average molecular weight is 349 g/mol. The Morgan fingerprint density at radius 2 is 2.23 bits per heavy atom. The van der Waals surface area contributed by atoms with Crippen molar-refractivity contribution in [3.63, 3.8) is 0 Å². The van der Waals surface area contributed by atoms with E-state index in [-0.39, 0.29) is 40.6 Å². The first-order valence-electron chi connectivity index (χ1n) is 6.91. The van der Waals surface area contributed by atoms with Gasteiger partial charge in [-0.1, -0.05) is 17.7 Å². The van der Waals surface area contributed by atoms with E-state index in [1.165, 1.54) is 24.1 Å². The molecule has 0 saturated carbocycles. The molecule has 22 heavy (non-hydrogen) atoms. The lowest BCUT2D eigenvalue weighted by molar-refractivity contribution is 0.205. The molecule has 1 aliphatic heterocycles. The maximum absolute atomic E-state index is 13.7. The van der Waals surface area contributed by atoms with E-state index < -0.39 is 15.7 Å². The van der Waals surface area contributed by atoms with Crippen LogP contribution in [0.5, 0.6) is 0 Å². The molecule has 2 rings (SSSR count). The fraction of sp³-hybridized carbons (Fsp3) is 0.500. The summed E-state index contributed by atoms with van der Waals surface area (Å²) >= 11 is 5.93. The van der Waals surface area contributed by atoms with E-state index in [0.29, 0.717) is 13.0 Å². The predicted molar refractivity (Wildman–Crippen MR) is 83.0 cm³/mol. The second kappa shape index (κ2) is 6.83. The first kappa shape index (κ1) is 17.0. The zero-order valence-electron chi connectivity index (χ0n) is 12.2. The minimum absolute atomic E-state index is 0.0420. The van der Waals surface area contributed by atoms with Crippen molar-refractivity contribution in [3.8, 4) is 0 Å². The maximum Gasteiger partial charge on any atom is 0.317 e. The quantitative estimate of drug-likeness (QED) is 0.905. The summed E-state index contributed by atoms with van der Waals surface area (Å²) in [4.78, 5) is 13.3. The van der Waals surface area contributed by atoms with Gasteiger partial charge in [-0.3, -0.25) is 0 Å². The smallest absolute Gasteiger partial charge is 0.317 e. The molecule has 1 aromatic rings. The number of hydrogen-bond donors (Lipinski definition) is 1. The Balaban J connectivity index is 1.87. The Bertz CT molecular complexity index is 646. The lowest BCUT2D eigenvalue weighted by atomic mass is 10.1. The summed E-state index contributed by atoms with van der Waals surface area (Å²) in [6.07, 6.45) is 0.561. The molecule has 0 bridgehead atoms. The largest absolute Gasteiger partial charge is 0.338 e. The monoisotopic (exact) mass is 348 g/mol. The lowest BCUT2D eigenvalue weighted by Crippen LogP contribution is -2.39. The summed E-state index contributed by atoms with van der Waals surface area (Å²) in [6, 6.07) is 3.97. The standard InChI is InChI=1S/C14H18ClFN2O3S/c1-18(8-11-12(15)3-2-4-13(11)16)14(19)17-7-10-5-6-22(20,21)9-10/h2-4,10H,5-9H2,1H3,(H,17,19)/t10-/m1/s1. The number of urea groups is 1. The molecule has 0 aromatic heterocycles. The van der Waals surface area contributed by atoms with Crippen LogP contribution in [0.3, 0.4) is 0 Å². The summed E-state index contributed by atoms with van der Waals surface area (Å²) in [6.45, 7) is 0.341. The molecule has 0 radical (unpaired) electrons. The average Bonchev–Trinajstić information content (AvgIpc) is 2.79. The summed E-state index contributed by atoms with van der Waals surface area (Å²) in [7, 11) is -1.42. The molecule has 0 spiro atoms. The number of sulfone groups is 1. The number of carbonyl (C=O) groups excluding carboxylic acids is 1. The normalized spacial score (nSPS) is 19.9. The molecule has 1 aromatic carbocycles. The third-order valence-electron chi connectivity index (χ3n) is 3.67. The van der Waals surface area contributed by atoms with Crippen LogP contribution in [0, 0.1) is 11.7 Å². The van der Waals surface area contributed by atoms with Crippen molar-refractivity contribution in [3.05, 3.63) is 34.6 Å². The number of amides is 2. The van der Waals surface area contributed by atoms with Crippen LogP contribution in [-0.2, 0) is 16.4 Å². The van der Waals surface area contributed by atoms with Gasteiger partial charge in [0.25, 0.3) is 0 Å². The van der Waals surface area contributed by atoms with Gasteiger partial charge in [-0.25, -0.2) is 17.6 Å². The molecular formula is C14H18ClFN2O3S. The summed E-state index contributed by atoms with van der Waals surface area (Å²) in [5.74, 6) is -0.238. The molecule has 0 unspecified atom stereocenters. The van der Waals surface area contributed by atoms with Gasteiger partial charge in [0.05, 0.1) is 18.1 Å². The number of nitrogens with one attached hydrogen (secondary N) is 1. The molecule has 1 fully saturated rings. The fourth-order valence-electron chi connectivity index (χ4n) is 2.39. The minimum Gasteiger partial charge on any atom is -0.338 e. The van der Waals surface area contributed by atoms with E-state index >= 15 is 0 Å². The van der Waals surface area contributed by atoms with Gasteiger partial charge in [-0.2, -0.15) is 0 Å². The molecule has 8 heteroatoms. The highest BCUT2D eigenvalue weighted by Gasteiger charge is 2.28. The van der Waals surface area contributed by atoms with E-state index in [1.807, 2.05) is 0 Å². The van der Waals surface area contributed by atoms with Crippen LogP contribution in [-0.4, -0.2) is 44.4 Å². The number of hydrogen-bond acceptors (Lipinski definition) is 3. The van der Waals surface area contributed by atoms with E-state index in [0.717, 1.165) is 0 Å². The number of nitrogens with zero attached hydrogens (tertiary/aromatic N) is 1. The van der Waals surface area contributed by atoms with Gasteiger partial charge in [-0.15, -0.1) is 0 Å². The molecule has 1 N–H and O–H groups in total. The van der Waals surface area contributed by atoms with Crippen molar-refractivity contribution in [1.82, 2.24) is 10.2 Å². The van der Waals surface area contributed by atoms with Gasteiger partial charge < -0.3 is 10.2 Å². The zero-order valence-corrected chi connectivity index (χ0v) is 13.8.